The Morgan fingerprint density at radius 2 is 1.75 bits per heavy atom. The predicted molar refractivity (Wildman–Crippen MR) is 119 cm³/mol. The van der Waals surface area contributed by atoms with E-state index in [2.05, 4.69) is 34.5 Å². The summed E-state index contributed by atoms with van der Waals surface area (Å²) in [5.41, 5.74) is 3.04. The van der Waals surface area contributed by atoms with Crippen molar-refractivity contribution in [2.45, 2.75) is 45.5 Å². The van der Waals surface area contributed by atoms with Crippen LogP contribution in [0.4, 0.5) is 19.0 Å². The van der Waals surface area contributed by atoms with E-state index < -0.39 is 6.36 Å². The van der Waals surface area contributed by atoms with E-state index >= 15 is 0 Å². The van der Waals surface area contributed by atoms with Crippen LogP contribution in [-0.4, -0.2) is 23.0 Å². The van der Waals surface area contributed by atoms with Gasteiger partial charge in [0.15, 0.2) is 0 Å². The van der Waals surface area contributed by atoms with Gasteiger partial charge < -0.3 is 14.7 Å². The summed E-state index contributed by atoms with van der Waals surface area (Å²) in [5.74, 6) is 1.18. The van der Waals surface area contributed by atoms with Gasteiger partial charge in [0, 0.05) is 19.3 Å². The maximum atomic E-state index is 12.4. The number of aromatic nitrogens is 1. The Hall–Kier alpha value is -3.22. The number of pyridine rings is 1. The van der Waals surface area contributed by atoms with Crippen molar-refractivity contribution in [2.24, 2.45) is 0 Å². The molecule has 0 aliphatic heterocycles. The molecular formula is C25H27F3N2O2. The summed E-state index contributed by atoms with van der Waals surface area (Å²) in [6.45, 7) is 5.41. The topological polar surface area (TPSA) is 45.6 Å². The molecule has 0 radical (unpaired) electrons. The Balaban J connectivity index is 1.72. The summed E-state index contributed by atoms with van der Waals surface area (Å²) >= 11 is 0. The van der Waals surface area contributed by atoms with Crippen LogP contribution in [0.2, 0.25) is 0 Å². The first-order chi connectivity index (χ1) is 15.2. The number of alkyl halides is 3. The number of hydrogen-bond acceptors (Lipinski definition) is 4. The van der Waals surface area contributed by atoms with E-state index in [1.54, 1.807) is 24.3 Å². The molecule has 0 saturated carbocycles. The summed E-state index contributed by atoms with van der Waals surface area (Å²) < 4.78 is 41.2. The van der Waals surface area contributed by atoms with Crippen LogP contribution in [0, 0.1) is 0 Å². The molecule has 1 aromatic heterocycles. The van der Waals surface area contributed by atoms with Gasteiger partial charge in [0.25, 0.3) is 0 Å². The fourth-order valence-electron chi connectivity index (χ4n) is 3.40. The normalized spacial score (nSPS) is 11.6. The molecule has 3 rings (SSSR count). The molecule has 0 spiro atoms. The highest BCUT2D eigenvalue weighted by atomic mass is 19.4. The summed E-state index contributed by atoms with van der Waals surface area (Å²) in [5, 5.41) is 9.66. The fraction of sp³-hybridized carbons (Fsp3) is 0.320. The lowest BCUT2D eigenvalue weighted by atomic mass is 10.1. The lowest BCUT2D eigenvalue weighted by Crippen LogP contribution is -2.25. The van der Waals surface area contributed by atoms with Crippen LogP contribution in [0.5, 0.6) is 11.5 Å². The first kappa shape index (κ1) is 23.4. The third-order valence-electron chi connectivity index (χ3n) is 5.10. The predicted octanol–water partition coefficient (Wildman–Crippen LogP) is 6.45. The number of benzene rings is 2. The molecule has 1 heterocycles. The van der Waals surface area contributed by atoms with E-state index in [9.17, 15) is 18.3 Å². The van der Waals surface area contributed by atoms with E-state index in [-0.39, 0.29) is 11.5 Å². The zero-order valence-electron chi connectivity index (χ0n) is 18.1. The van der Waals surface area contributed by atoms with Crippen LogP contribution in [0.1, 0.15) is 42.9 Å². The van der Waals surface area contributed by atoms with Gasteiger partial charge in [0.2, 0.25) is 0 Å². The first-order valence-corrected chi connectivity index (χ1v) is 10.5. The number of phenols is 1. The van der Waals surface area contributed by atoms with Crippen molar-refractivity contribution >= 4 is 5.82 Å². The number of ether oxygens (including phenoxy) is 1. The number of phenolic OH excluding ortho intramolecular Hbond substituents is 1. The van der Waals surface area contributed by atoms with E-state index in [0.717, 1.165) is 35.3 Å². The summed E-state index contributed by atoms with van der Waals surface area (Å²) in [4.78, 5) is 6.72. The number of anilines is 1. The second-order valence-corrected chi connectivity index (χ2v) is 7.99. The number of hydrogen-bond donors (Lipinski definition) is 1. The van der Waals surface area contributed by atoms with Crippen LogP contribution in [0.25, 0.3) is 0 Å². The fourth-order valence-corrected chi connectivity index (χ4v) is 3.40. The van der Waals surface area contributed by atoms with Gasteiger partial charge >= 0.3 is 6.36 Å². The van der Waals surface area contributed by atoms with Crippen LogP contribution >= 0.6 is 0 Å². The van der Waals surface area contributed by atoms with Crippen molar-refractivity contribution in [3.8, 4) is 11.5 Å². The first-order valence-electron chi connectivity index (χ1n) is 10.5. The molecule has 0 fully saturated rings. The van der Waals surface area contributed by atoms with Crippen molar-refractivity contribution < 1.29 is 23.0 Å². The van der Waals surface area contributed by atoms with Gasteiger partial charge in [-0.15, -0.1) is 13.2 Å². The number of nitrogens with zero attached hydrogens (tertiary/aromatic N) is 2. The molecule has 0 amide bonds. The Kier molecular flexibility index (Phi) is 7.62. The smallest absolute Gasteiger partial charge is 0.508 e. The van der Waals surface area contributed by atoms with Gasteiger partial charge in [-0.25, -0.2) is 4.98 Å². The van der Waals surface area contributed by atoms with Crippen LogP contribution in [-0.2, 0) is 13.0 Å². The van der Waals surface area contributed by atoms with E-state index in [4.69, 9.17) is 0 Å². The Labute approximate surface area is 186 Å². The highest BCUT2D eigenvalue weighted by Gasteiger charge is 2.31. The minimum Gasteiger partial charge on any atom is -0.508 e. The minimum atomic E-state index is -4.71. The molecule has 0 unspecified atom stereocenters. The van der Waals surface area contributed by atoms with Crippen molar-refractivity contribution in [1.82, 2.24) is 4.98 Å². The van der Waals surface area contributed by atoms with Gasteiger partial charge in [0.1, 0.15) is 17.3 Å². The van der Waals surface area contributed by atoms with Crippen molar-refractivity contribution in [1.29, 1.82) is 0 Å². The van der Waals surface area contributed by atoms with Gasteiger partial charge in [0.05, 0.1) is 0 Å². The van der Waals surface area contributed by atoms with Gasteiger partial charge in [-0.05, 0) is 65.8 Å². The second kappa shape index (κ2) is 10.4. The lowest BCUT2D eigenvalue weighted by molar-refractivity contribution is -0.274. The highest BCUT2D eigenvalue weighted by molar-refractivity contribution is 5.41. The summed E-state index contributed by atoms with van der Waals surface area (Å²) in [7, 11) is 0. The minimum absolute atomic E-state index is 0.240. The van der Waals surface area contributed by atoms with E-state index in [1.807, 2.05) is 24.4 Å². The third-order valence-corrected chi connectivity index (χ3v) is 5.10. The van der Waals surface area contributed by atoms with Crippen LogP contribution in [0.15, 0.2) is 66.9 Å². The number of halogens is 3. The molecule has 170 valence electrons. The average Bonchev–Trinajstić information content (AvgIpc) is 2.73. The summed E-state index contributed by atoms with van der Waals surface area (Å²) in [6, 6.07) is 17.1. The standard InChI is InChI=1S/C25H27F3N2O2/c1-18(2)21-10-13-24(29-16-21)30(14-4-6-19-5-3-7-22(31)15-19)17-20-8-11-23(12-9-20)32-25(26,27)28/h3,5,7-13,15-16,18,31H,4,6,14,17H2,1-2H3. The molecule has 4 nitrogen and oxygen atoms in total. The average molecular weight is 444 g/mol. The molecule has 7 heteroatoms. The van der Waals surface area contributed by atoms with Crippen molar-refractivity contribution in [2.75, 3.05) is 11.4 Å². The summed E-state index contributed by atoms with van der Waals surface area (Å²) in [6.07, 6.45) is -1.23. The van der Waals surface area contributed by atoms with Crippen molar-refractivity contribution in [3.05, 3.63) is 83.6 Å². The zero-order chi connectivity index (χ0) is 23.1. The molecule has 0 atom stereocenters. The zero-order valence-corrected chi connectivity index (χ0v) is 18.1. The number of rotatable bonds is 9. The van der Waals surface area contributed by atoms with Gasteiger partial charge in [-0.1, -0.05) is 44.2 Å². The quantitative estimate of drug-likeness (QED) is 0.412. The van der Waals surface area contributed by atoms with Gasteiger partial charge in [-0.3, -0.25) is 0 Å². The molecule has 3 aromatic rings. The Morgan fingerprint density at radius 1 is 1.00 bits per heavy atom. The van der Waals surface area contributed by atoms with Crippen molar-refractivity contribution in [3.63, 3.8) is 0 Å². The van der Waals surface area contributed by atoms with E-state index in [0.29, 0.717) is 19.0 Å². The monoisotopic (exact) mass is 444 g/mol. The van der Waals surface area contributed by atoms with Gasteiger partial charge in [-0.2, -0.15) is 0 Å². The van der Waals surface area contributed by atoms with Crippen LogP contribution in [0.3, 0.4) is 0 Å². The SMILES string of the molecule is CC(C)c1ccc(N(CCCc2cccc(O)c2)Cc2ccc(OC(F)(F)F)cc2)nc1. The Bertz CT molecular complexity index is 987. The van der Waals surface area contributed by atoms with Crippen LogP contribution < -0.4 is 9.64 Å². The molecule has 0 bridgehead atoms. The Morgan fingerprint density at radius 3 is 2.34 bits per heavy atom. The van der Waals surface area contributed by atoms with E-state index in [1.165, 1.54) is 12.1 Å². The second-order valence-electron chi connectivity index (χ2n) is 7.99. The maximum Gasteiger partial charge on any atom is 0.573 e. The highest BCUT2D eigenvalue weighted by Crippen LogP contribution is 2.24. The number of aryl methyl sites for hydroxylation is 1. The molecule has 32 heavy (non-hydrogen) atoms. The molecule has 0 saturated heterocycles. The number of aromatic hydroxyl groups is 1. The maximum absolute atomic E-state index is 12.4. The molecule has 0 aliphatic rings. The molecular weight excluding hydrogens is 417 g/mol. The lowest BCUT2D eigenvalue weighted by Gasteiger charge is -2.24. The molecule has 1 N–H and O–H groups in total. The third kappa shape index (κ3) is 7.18. The molecule has 2 aromatic carbocycles. The molecule has 0 aliphatic carbocycles. The largest absolute Gasteiger partial charge is 0.573 e.